The average molecular weight is 476 g/mol. The van der Waals surface area contributed by atoms with Crippen LogP contribution < -0.4 is 5.73 Å². The number of phenolic OH excluding ortho intramolecular Hbond substituents is 1. The molecule has 1 saturated carbocycles. The van der Waals surface area contributed by atoms with Gasteiger partial charge in [0.1, 0.15) is 22.8 Å². The first-order valence-electron chi connectivity index (χ1n) is 11.4. The number of aliphatic hydroxyl groups excluding tert-OH is 2. The molecule has 1 aromatic heterocycles. The van der Waals surface area contributed by atoms with Crippen molar-refractivity contribution < 1.29 is 34.8 Å². The van der Waals surface area contributed by atoms with Gasteiger partial charge in [-0.3, -0.25) is 19.4 Å². The summed E-state index contributed by atoms with van der Waals surface area (Å²) in [7, 11) is 0. The normalized spacial score (nSPS) is 25.7. The Bertz CT molecular complexity index is 1340. The fourth-order valence-corrected chi connectivity index (χ4v) is 5.73. The van der Waals surface area contributed by atoms with Gasteiger partial charge in [0.2, 0.25) is 5.78 Å². The zero-order valence-electron chi connectivity index (χ0n) is 18.7. The van der Waals surface area contributed by atoms with Gasteiger partial charge in [-0.15, -0.1) is 0 Å². The van der Waals surface area contributed by atoms with Gasteiger partial charge in [0.05, 0.1) is 5.56 Å². The van der Waals surface area contributed by atoms with Crippen LogP contribution in [0.1, 0.15) is 35.2 Å². The van der Waals surface area contributed by atoms with Gasteiger partial charge in [-0.25, -0.2) is 0 Å². The SMILES string of the molecule is NC(=O)C1=C(O)[C@@]2(O)C(=O)C3=C(O)c4c(O)ccc(CCc5ccccn5)c4C[C@H]3C[C@H]2CC1=O. The lowest BCUT2D eigenvalue weighted by Crippen LogP contribution is -2.58. The molecule has 0 bridgehead atoms. The molecule has 3 atom stereocenters. The molecule has 180 valence electrons. The van der Waals surface area contributed by atoms with Crippen LogP contribution >= 0.6 is 0 Å². The predicted molar refractivity (Wildman–Crippen MR) is 123 cm³/mol. The summed E-state index contributed by atoms with van der Waals surface area (Å²) in [5.41, 5.74) is 4.26. The van der Waals surface area contributed by atoms with Gasteiger partial charge in [-0.2, -0.15) is 0 Å². The van der Waals surface area contributed by atoms with Crippen molar-refractivity contribution in [2.24, 2.45) is 17.6 Å². The number of phenols is 1. The number of aryl methyl sites for hydroxylation is 2. The number of benzene rings is 1. The highest BCUT2D eigenvalue weighted by atomic mass is 16.3. The zero-order chi connectivity index (χ0) is 25.1. The van der Waals surface area contributed by atoms with E-state index in [1.165, 1.54) is 6.07 Å². The van der Waals surface area contributed by atoms with Crippen molar-refractivity contribution in [1.29, 1.82) is 0 Å². The minimum Gasteiger partial charge on any atom is -0.508 e. The van der Waals surface area contributed by atoms with E-state index in [0.717, 1.165) is 11.3 Å². The van der Waals surface area contributed by atoms with Crippen molar-refractivity contribution >= 4 is 23.2 Å². The second-order valence-corrected chi connectivity index (χ2v) is 9.33. The lowest BCUT2D eigenvalue weighted by atomic mass is 9.59. The van der Waals surface area contributed by atoms with Gasteiger partial charge < -0.3 is 26.2 Å². The molecule has 0 radical (unpaired) electrons. The quantitative estimate of drug-likeness (QED) is 0.414. The Hall–Kier alpha value is -3.98. The molecule has 5 rings (SSSR count). The summed E-state index contributed by atoms with van der Waals surface area (Å²) in [4.78, 5) is 42.0. The first kappa shape index (κ1) is 22.8. The topological polar surface area (TPSA) is 171 Å². The molecule has 2 aromatic rings. The molecule has 0 unspecified atom stereocenters. The minimum atomic E-state index is -2.55. The van der Waals surface area contributed by atoms with E-state index in [2.05, 4.69) is 4.98 Å². The van der Waals surface area contributed by atoms with Crippen LogP contribution in [0.3, 0.4) is 0 Å². The van der Waals surface area contributed by atoms with Crippen LogP contribution in [0.25, 0.3) is 5.76 Å². The molecule has 9 nitrogen and oxygen atoms in total. The second kappa shape index (κ2) is 8.06. The van der Waals surface area contributed by atoms with Gasteiger partial charge >= 0.3 is 0 Å². The Labute approximate surface area is 200 Å². The first-order chi connectivity index (χ1) is 16.6. The number of Topliss-reactive ketones (excluding diaryl/α,β-unsaturated/α-hetero) is 2. The number of aromatic hydroxyl groups is 1. The summed E-state index contributed by atoms with van der Waals surface area (Å²) >= 11 is 0. The van der Waals surface area contributed by atoms with Crippen LogP contribution in [-0.4, -0.2) is 48.5 Å². The monoisotopic (exact) mass is 476 g/mol. The van der Waals surface area contributed by atoms with E-state index in [1.54, 1.807) is 12.3 Å². The summed E-state index contributed by atoms with van der Waals surface area (Å²) in [5, 5.41) is 43.6. The maximum absolute atomic E-state index is 13.5. The largest absolute Gasteiger partial charge is 0.508 e. The molecule has 0 saturated heterocycles. The highest BCUT2D eigenvalue weighted by Crippen LogP contribution is 2.52. The lowest BCUT2D eigenvalue weighted by molar-refractivity contribution is -0.147. The Morgan fingerprint density at radius 3 is 2.54 bits per heavy atom. The number of hydrogen-bond acceptors (Lipinski definition) is 8. The number of carbonyl (C=O) groups excluding carboxylic acids is 3. The molecule has 1 fully saturated rings. The van der Waals surface area contributed by atoms with E-state index < -0.39 is 52.0 Å². The summed E-state index contributed by atoms with van der Waals surface area (Å²) in [6, 6.07) is 8.84. The van der Waals surface area contributed by atoms with Crippen LogP contribution in [0.5, 0.6) is 5.75 Å². The maximum atomic E-state index is 13.5. The number of rotatable bonds is 4. The van der Waals surface area contributed by atoms with Gasteiger partial charge in [0.15, 0.2) is 11.4 Å². The van der Waals surface area contributed by atoms with E-state index in [0.29, 0.717) is 24.8 Å². The first-order valence-corrected chi connectivity index (χ1v) is 11.4. The van der Waals surface area contributed by atoms with Crippen LogP contribution in [0.4, 0.5) is 0 Å². The molecule has 9 heteroatoms. The Balaban J connectivity index is 1.59. The van der Waals surface area contributed by atoms with Gasteiger partial charge in [0, 0.05) is 29.8 Å². The number of hydrogen-bond donors (Lipinski definition) is 5. The number of aromatic nitrogens is 1. The number of carbonyl (C=O) groups is 3. The molecule has 6 N–H and O–H groups in total. The standard InChI is InChI=1S/C26H24N2O7/c27-25(34)21-18(30)11-14-9-13-10-16-12(4-6-15-3-1-2-8-28-15)5-7-17(29)20(16)22(31)19(13)23(32)26(14,35)24(21)33/h1-3,5,7-8,13-14,29,31,33,35H,4,6,9-11H2,(H2,27,34)/t13-,14+,26+/m1/s1. The van der Waals surface area contributed by atoms with Gasteiger partial charge in [-0.05, 0) is 60.9 Å². The third kappa shape index (κ3) is 3.34. The Kier molecular flexibility index (Phi) is 5.25. The lowest BCUT2D eigenvalue weighted by Gasteiger charge is -2.46. The third-order valence-corrected chi connectivity index (χ3v) is 7.42. The molecule has 1 heterocycles. The predicted octanol–water partition coefficient (Wildman–Crippen LogP) is 1.60. The molecular formula is C26H24N2O7. The van der Waals surface area contributed by atoms with Crippen LogP contribution in [0, 0.1) is 11.8 Å². The number of fused-ring (bicyclic) bond motifs is 3. The molecule has 3 aliphatic rings. The Morgan fingerprint density at radius 2 is 1.86 bits per heavy atom. The van der Waals surface area contributed by atoms with E-state index in [1.807, 2.05) is 18.2 Å². The maximum Gasteiger partial charge on any atom is 0.255 e. The van der Waals surface area contributed by atoms with Crippen molar-refractivity contribution in [3.8, 4) is 5.75 Å². The number of ketones is 2. The molecule has 0 aliphatic heterocycles. The second-order valence-electron chi connectivity index (χ2n) is 9.33. The van der Waals surface area contributed by atoms with E-state index in [-0.39, 0.29) is 29.7 Å². The minimum absolute atomic E-state index is 0.107. The summed E-state index contributed by atoms with van der Waals surface area (Å²) in [5.74, 6) is -6.28. The van der Waals surface area contributed by atoms with Crippen LogP contribution in [0.2, 0.25) is 0 Å². The summed E-state index contributed by atoms with van der Waals surface area (Å²) in [6.45, 7) is 0. The molecule has 35 heavy (non-hydrogen) atoms. The zero-order valence-corrected chi connectivity index (χ0v) is 18.7. The highest BCUT2D eigenvalue weighted by molar-refractivity contribution is 6.22. The number of pyridine rings is 1. The molecular weight excluding hydrogens is 452 g/mol. The van der Waals surface area contributed by atoms with Crippen LogP contribution in [0.15, 0.2) is 53.4 Å². The average Bonchev–Trinajstić information content (AvgIpc) is 2.81. The molecule has 1 amide bonds. The van der Waals surface area contributed by atoms with E-state index in [9.17, 15) is 34.8 Å². The highest BCUT2D eigenvalue weighted by Gasteiger charge is 2.60. The fourth-order valence-electron chi connectivity index (χ4n) is 5.73. The van der Waals surface area contributed by atoms with Crippen LogP contribution in [-0.2, 0) is 33.6 Å². The summed E-state index contributed by atoms with van der Waals surface area (Å²) < 4.78 is 0. The number of nitrogens with zero attached hydrogens (tertiary/aromatic N) is 1. The fraction of sp³-hybridized carbons (Fsp3) is 0.308. The molecule has 3 aliphatic carbocycles. The number of aliphatic hydroxyl groups is 3. The van der Waals surface area contributed by atoms with Gasteiger partial charge in [-0.1, -0.05) is 12.1 Å². The van der Waals surface area contributed by atoms with Crippen molar-refractivity contribution in [3.63, 3.8) is 0 Å². The van der Waals surface area contributed by atoms with E-state index in [4.69, 9.17) is 5.73 Å². The smallest absolute Gasteiger partial charge is 0.255 e. The van der Waals surface area contributed by atoms with E-state index >= 15 is 0 Å². The number of primary amides is 1. The van der Waals surface area contributed by atoms with Gasteiger partial charge in [0.25, 0.3) is 5.91 Å². The molecule has 0 spiro atoms. The number of amides is 1. The van der Waals surface area contributed by atoms with Crippen molar-refractivity contribution in [2.45, 2.75) is 37.7 Å². The van der Waals surface area contributed by atoms with Crippen molar-refractivity contribution in [2.75, 3.05) is 0 Å². The molecule has 1 aromatic carbocycles. The van der Waals surface area contributed by atoms with Crippen molar-refractivity contribution in [3.05, 3.63) is 75.8 Å². The third-order valence-electron chi connectivity index (χ3n) is 7.42. The Morgan fingerprint density at radius 1 is 1.09 bits per heavy atom. The van der Waals surface area contributed by atoms with Crippen molar-refractivity contribution in [1.82, 2.24) is 4.98 Å². The summed E-state index contributed by atoms with van der Waals surface area (Å²) in [6.07, 6.45) is 2.98. The number of nitrogens with two attached hydrogens (primary N) is 1.